The summed E-state index contributed by atoms with van der Waals surface area (Å²) in [4.78, 5) is 28.1. The summed E-state index contributed by atoms with van der Waals surface area (Å²) in [6.07, 6.45) is 0. The van der Waals surface area contributed by atoms with Gasteiger partial charge in [0, 0.05) is 16.7 Å². The molecule has 0 aliphatic heterocycles. The minimum atomic E-state index is -0.354. The lowest BCUT2D eigenvalue weighted by molar-refractivity contribution is -0.535. The van der Waals surface area contributed by atoms with Gasteiger partial charge in [-0.15, -0.1) is 0 Å². The van der Waals surface area contributed by atoms with E-state index in [1.807, 2.05) is 6.07 Å². The van der Waals surface area contributed by atoms with E-state index in [2.05, 4.69) is 15.4 Å². The fourth-order valence-electron chi connectivity index (χ4n) is 1.88. The van der Waals surface area contributed by atoms with Crippen LogP contribution in [0.1, 0.15) is 10.4 Å². The molecule has 7 heteroatoms. The van der Waals surface area contributed by atoms with E-state index in [0.29, 0.717) is 26.2 Å². The summed E-state index contributed by atoms with van der Waals surface area (Å²) in [5.41, 5.74) is 1.19. The Labute approximate surface area is 124 Å². The molecule has 1 aromatic heterocycles. The summed E-state index contributed by atoms with van der Waals surface area (Å²) in [5, 5.41) is 5.42. The highest BCUT2D eigenvalue weighted by molar-refractivity contribution is 6.31. The van der Waals surface area contributed by atoms with E-state index in [4.69, 9.17) is 11.6 Å². The fourth-order valence-corrected chi connectivity index (χ4v) is 2.05. The average Bonchev–Trinajstić information content (AvgIpc) is 2.49. The number of nitrogens with one attached hydrogen (secondary N) is 2. The van der Waals surface area contributed by atoms with Gasteiger partial charge in [-0.1, -0.05) is 34.9 Å². The number of fused-ring (bicyclic) bond motifs is 1. The molecular formula is C14H10ClN4O2+. The number of aromatic nitrogens is 3. The molecule has 0 aliphatic rings. The number of hydrogen-bond acceptors (Lipinski definition) is 3. The molecule has 104 valence electrons. The first-order valence-electron chi connectivity index (χ1n) is 6.12. The van der Waals surface area contributed by atoms with Gasteiger partial charge in [0.2, 0.25) is 0 Å². The predicted octanol–water partition coefficient (Wildman–Crippen LogP) is 2.38. The van der Waals surface area contributed by atoms with Crippen LogP contribution in [0.2, 0.25) is 5.02 Å². The molecule has 2 aromatic carbocycles. The van der Waals surface area contributed by atoms with Gasteiger partial charge in [0.15, 0.2) is 4.54 Å². The topological polar surface area (TPSA) is 80.8 Å². The van der Waals surface area contributed by atoms with E-state index in [-0.39, 0.29) is 11.9 Å². The number of halogens is 1. The van der Waals surface area contributed by atoms with Crippen LogP contribution in [-0.2, 0) is 0 Å². The van der Waals surface area contributed by atoms with E-state index in [1.165, 1.54) is 6.07 Å². The first-order chi connectivity index (χ1) is 10.1. The molecule has 0 saturated heterocycles. The second-order valence-corrected chi connectivity index (χ2v) is 4.76. The molecule has 0 radical (unpaired) electrons. The minimum Gasteiger partial charge on any atom is -0.288 e. The predicted molar refractivity (Wildman–Crippen MR) is 78.9 cm³/mol. The quantitative estimate of drug-likeness (QED) is 0.713. The lowest BCUT2D eigenvalue weighted by Gasteiger charge is -2.02. The Hall–Kier alpha value is -2.73. The van der Waals surface area contributed by atoms with Crippen molar-refractivity contribution in [3.8, 4) is 0 Å². The van der Waals surface area contributed by atoms with Crippen molar-refractivity contribution in [3.63, 3.8) is 0 Å². The van der Waals surface area contributed by atoms with Gasteiger partial charge in [0.05, 0.1) is 4.91 Å². The van der Waals surface area contributed by atoms with Crippen LogP contribution in [-0.4, -0.2) is 16.0 Å². The molecule has 0 fully saturated rings. The Bertz CT molecular complexity index is 877. The summed E-state index contributed by atoms with van der Waals surface area (Å²) in [5.74, 6) is -0.290. The summed E-state index contributed by atoms with van der Waals surface area (Å²) >= 11 is 5.83. The number of carbonyl (C=O) groups excluding carboxylic acids is 1. The molecule has 2 N–H and O–H groups in total. The van der Waals surface area contributed by atoms with Crippen molar-refractivity contribution in [2.24, 2.45) is 0 Å². The van der Waals surface area contributed by atoms with Crippen LogP contribution in [0.3, 0.4) is 0 Å². The fraction of sp³-hybridized carbons (Fsp3) is 0. The molecule has 0 saturated carbocycles. The second kappa shape index (κ2) is 5.34. The van der Waals surface area contributed by atoms with Gasteiger partial charge < -0.3 is 0 Å². The molecule has 6 nitrogen and oxygen atoms in total. The third-order valence-corrected chi connectivity index (χ3v) is 3.10. The largest absolute Gasteiger partial charge is 0.319 e. The molecule has 0 atom stereocenters. The van der Waals surface area contributed by atoms with Crippen molar-refractivity contribution in [1.29, 1.82) is 0 Å². The van der Waals surface area contributed by atoms with Crippen LogP contribution in [0, 0.1) is 4.91 Å². The van der Waals surface area contributed by atoms with E-state index in [9.17, 15) is 9.70 Å². The van der Waals surface area contributed by atoms with Crippen molar-refractivity contribution >= 4 is 34.5 Å². The summed E-state index contributed by atoms with van der Waals surface area (Å²) in [7, 11) is 0. The summed E-state index contributed by atoms with van der Waals surface area (Å²) in [6.45, 7) is 0. The number of nitrogens with zero attached hydrogens (tertiary/aromatic N) is 2. The highest BCUT2D eigenvalue weighted by Crippen LogP contribution is 2.14. The van der Waals surface area contributed by atoms with Crippen LogP contribution in [0.25, 0.3) is 11.0 Å². The van der Waals surface area contributed by atoms with E-state index in [1.54, 1.807) is 36.4 Å². The molecule has 1 amide bonds. The van der Waals surface area contributed by atoms with Crippen molar-refractivity contribution in [3.05, 3.63) is 64.0 Å². The third-order valence-electron chi connectivity index (χ3n) is 2.86. The summed E-state index contributed by atoms with van der Waals surface area (Å²) in [6, 6.07) is 13.4. The molecule has 3 aromatic rings. The average molecular weight is 302 g/mol. The van der Waals surface area contributed by atoms with Crippen molar-refractivity contribution in [2.75, 3.05) is 5.32 Å². The lowest BCUT2D eigenvalue weighted by Crippen LogP contribution is -2.25. The SMILES string of the molecule is O=C(Nc1nc2ccc(Cl)cc2[n+](=O)[nH]1)c1ccccc1. The normalized spacial score (nSPS) is 10.5. The Kier molecular flexibility index (Phi) is 3.37. The molecule has 3 rings (SSSR count). The third kappa shape index (κ3) is 2.75. The van der Waals surface area contributed by atoms with E-state index in [0.717, 1.165) is 0 Å². The van der Waals surface area contributed by atoms with Crippen molar-refractivity contribution < 1.29 is 9.34 Å². The van der Waals surface area contributed by atoms with Gasteiger partial charge in [-0.2, -0.15) is 0 Å². The maximum Gasteiger partial charge on any atom is 0.319 e. The van der Waals surface area contributed by atoms with E-state index < -0.39 is 0 Å². The Morgan fingerprint density at radius 2 is 1.95 bits per heavy atom. The first-order valence-corrected chi connectivity index (χ1v) is 6.50. The Morgan fingerprint density at radius 1 is 1.19 bits per heavy atom. The minimum absolute atomic E-state index is 0.0636. The van der Waals surface area contributed by atoms with Gasteiger partial charge in [0.25, 0.3) is 11.9 Å². The molecule has 0 spiro atoms. The number of aromatic amines is 1. The monoisotopic (exact) mass is 301 g/mol. The zero-order valence-corrected chi connectivity index (χ0v) is 11.5. The zero-order chi connectivity index (χ0) is 14.8. The number of hydrogen-bond donors (Lipinski definition) is 2. The highest BCUT2D eigenvalue weighted by atomic mass is 35.5. The van der Waals surface area contributed by atoms with Gasteiger partial charge in [-0.3, -0.25) is 10.1 Å². The molecule has 21 heavy (non-hydrogen) atoms. The summed E-state index contributed by atoms with van der Waals surface area (Å²) < 4.78 is 0.509. The number of benzene rings is 2. The number of carbonyl (C=O) groups is 1. The van der Waals surface area contributed by atoms with Crippen molar-refractivity contribution in [1.82, 2.24) is 10.1 Å². The molecule has 0 unspecified atom stereocenters. The number of anilines is 1. The lowest BCUT2D eigenvalue weighted by atomic mass is 10.2. The molecular weight excluding hydrogens is 292 g/mol. The van der Waals surface area contributed by atoms with Gasteiger partial charge in [-0.05, 0) is 24.3 Å². The molecule has 1 heterocycles. The zero-order valence-electron chi connectivity index (χ0n) is 10.7. The van der Waals surface area contributed by atoms with Gasteiger partial charge in [0.1, 0.15) is 5.52 Å². The standard InChI is InChI=1S/C14H9ClN4O2/c15-10-6-7-11-12(8-10)19(21)18-14(16-11)17-13(20)9-4-2-1-3-5-9/h1-8H,(H-,16,17,18,20,21)/p+1. The highest BCUT2D eigenvalue weighted by Gasteiger charge is 2.14. The van der Waals surface area contributed by atoms with Crippen LogP contribution in [0.15, 0.2) is 48.5 Å². The maximum atomic E-state index is 12.0. The second-order valence-electron chi connectivity index (χ2n) is 4.32. The van der Waals surface area contributed by atoms with Crippen LogP contribution in [0.4, 0.5) is 5.95 Å². The smallest absolute Gasteiger partial charge is 0.288 e. The Balaban J connectivity index is 1.97. The van der Waals surface area contributed by atoms with E-state index >= 15 is 0 Å². The molecule has 0 bridgehead atoms. The van der Waals surface area contributed by atoms with Gasteiger partial charge >= 0.3 is 5.52 Å². The first kappa shape index (κ1) is 13.3. The van der Waals surface area contributed by atoms with Gasteiger partial charge in [-0.25, -0.2) is 4.98 Å². The van der Waals surface area contributed by atoms with Crippen LogP contribution in [0.5, 0.6) is 0 Å². The maximum absolute atomic E-state index is 12.0. The van der Waals surface area contributed by atoms with Crippen molar-refractivity contribution in [2.45, 2.75) is 0 Å². The van der Waals surface area contributed by atoms with Crippen LogP contribution >= 0.6 is 11.6 Å². The number of amides is 1. The van der Waals surface area contributed by atoms with Crippen LogP contribution < -0.4 is 9.86 Å². The number of rotatable bonds is 2. The Morgan fingerprint density at radius 3 is 2.71 bits per heavy atom. The molecule has 0 aliphatic carbocycles. The number of H-pyrrole nitrogens is 1.